The average molecular weight is 1040 g/mol. The minimum absolute atomic E-state index is 0.0337. The van der Waals surface area contributed by atoms with E-state index < -0.39 is 18.0 Å². The van der Waals surface area contributed by atoms with Crippen LogP contribution in [0.5, 0.6) is 0 Å². The summed E-state index contributed by atoms with van der Waals surface area (Å²) in [4.78, 5) is 83.3. The molecule has 0 radical (unpaired) electrons. The highest BCUT2D eigenvalue weighted by Crippen LogP contribution is 2.25. The van der Waals surface area contributed by atoms with E-state index in [0.29, 0.717) is 49.6 Å². The summed E-state index contributed by atoms with van der Waals surface area (Å²) in [6.07, 6.45) is 9.57. The van der Waals surface area contributed by atoms with Gasteiger partial charge in [0.05, 0.1) is 14.2 Å². The Morgan fingerprint density at radius 1 is 0.766 bits per heavy atom. The van der Waals surface area contributed by atoms with Gasteiger partial charge in [-0.15, -0.1) is 0 Å². The number of methoxy groups -OCH3 is 2. The number of fused-ring (bicyclic) bond motifs is 2. The number of carboxylic acid groups (broad SMARTS) is 2. The lowest BCUT2D eigenvalue weighted by molar-refractivity contribution is -0.149. The molecule has 3 amide bonds. The van der Waals surface area contributed by atoms with Crippen molar-refractivity contribution in [3.63, 3.8) is 0 Å². The van der Waals surface area contributed by atoms with Crippen LogP contribution in [0, 0.1) is 0 Å². The van der Waals surface area contributed by atoms with Crippen molar-refractivity contribution in [1.29, 1.82) is 0 Å². The summed E-state index contributed by atoms with van der Waals surface area (Å²) in [5.41, 5.74) is 4.50. The van der Waals surface area contributed by atoms with Crippen LogP contribution in [0.15, 0.2) is 0 Å². The van der Waals surface area contributed by atoms with Gasteiger partial charge in [-0.2, -0.15) is 0 Å². The first-order valence-corrected chi connectivity index (χ1v) is 24.0. The zero-order valence-corrected chi connectivity index (χ0v) is 41.9. The van der Waals surface area contributed by atoms with Gasteiger partial charge in [0.1, 0.15) is 29.0 Å². The van der Waals surface area contributed by atoms with Crippen molar-refractivity contribution in [2.45, 2.75) is 111 Å². The quantitative estimate of drug-likeness (QED) is 0.107. The number of carbonyl (C=O) groups excluding carboxylic acids is 5. The molecular weight excluding hydrogens is 968 g/mol. The molecule has 8 atom stereocenters. The number of halogens is 2. The predicted molar refractivity (Wildman–Crippen MR) is 249 cm³/mol. The second-order valence-corrected chi connectivity index (χ2v) is 17.9. The molecule has 7 fully saturated rings. The Balaban J connectivity index is 0.000000386. The lowest BCUT2D eigenvalue weighted by Crippen LogP contribution is -2.57. The molecule has 64 heavy (non-hydrogen) atoms. The minimum Gasteiger partial charge on any atom is -0.480 e. The third kappa shape index (κ3) is 21.1. The first-order chi connectivity index (χ1) is 30.5. The van der Waals surface area contributed by atoms with Gasteiger partial charge >= 0.3 is 23.9 Å². The Hall–Kier alpha value is -3.03. The molecule has 9 N–H and O–H groups in total. The van der Waals surface area contributed by atoms with Crippen LogP contribution in [-0.2, 0) is 43.0 Å². The maximum absolute atomic E-state index is 11.5. The number of hydrogen-bond acceptors (Lipinski definition) is 16. The number of likely N-dealkylation sites (N-methyl/N-ethyl adjacent to an activating group) is 4. The summed E-state index contributed by atoms with van der Waals surface area (Å²) < 4.78 is 9.19. The first-order valence-electron chi connectivity index (χ1n) is 22.0. The third-order valence-electron chi connectivity index (χ3n) is 11.7. The van der Waals surface area contributed by atoms with Crippen molar-refractivity contribution in [2.24, 2.45) is 5.73 Å². The highest BCUT2D eigenvalue weighted by Gasteiger charge is 2.39. The predicted octanol–water partition coefficient (Wildman–Crippen LogP) is -1.00. The molecule has 7 heterocycles. The number of aliphatic carboxylic acids is 2. The van der Waals surface area contributed by atoms with E-state index in [1.807, 2.05) is 26.0 Å². The lowest BCUT2D eigenvalue weighted by Gasteiger charge is -2.40. The van der Waals surface area contributed by atoms with Crippen LogP contribution < -0.4 is 32.3 Å². The van der Waals surface area contributed by atoms with Gasteiger partial charge < -0.3 is 52.0 Å². The van der Waals surface area contributed by atoms with Crippen LogP contribution in [0.25, 0.3) is 0 Å². The van der Waals surface area contributed by atoms with Crippen LogP contribution in [0.2, 0.25) is 0 Å². The number of carboxylic acids is 2. The Morgan fingerprint density at radius 2 is 1.28 bits per heavy atom. The van der Waals surface area contributed by atoms with Gasteiger partial charge in [0.15, 0.2) is 0 Å². The summed E-state index contributed by atoms with van der Waals surface area (Å²) in [6, 6.07) is 0.736. The molecule has 370 valence electrons. The van der Waals surface area contributed by atoms with Crippen LogP contribution in [0.4, 0.5) is 0 Å². The van der Waals surface area contributed by atoms with E-state index in [1.165, 1.54) is 66.3 Å². The second-order valence-electron chi connectivity index (χ2n) is 16.1. The fourth-order valence-corrected chi connectivity index (χ4v) is 8.59. The van der Waals surface area contributed by atoms with Gasteiger partial charge in [-0.25, -0.2) is 4.79 Å². The number of nitrogens with zero attached hydrogens (tertiary/aromatic N) is 4. The van der Waals surface area contributed by atoms with Gasteiger partial charge in [0.2, 0.25) is 17.7 Å². The number of esters is 2. The van der Waals surface area contributed by atoms with E-state index in [0.717, 1.165) is 45.3 Å². The second kappa shape index (κ2) is 32.6. The summed E-state index contributed by atoms with van der Waals surface area (Å²) in [5, 5.41) is 31.7. The monoisotopic (exact) mass is 1040 g/mol. The lowest BCUT2D eigenvalue weighted by atomic mass is 10.1. The summed E-state index contributed by atoms with van der Waals surface area (Å²) >= 11 is 6.19. The molecule has 0 aliphatic carbocycles. The molecule has 0 bridgehead atoms. The summed E-state index contributed by atoms with van der Waals surface area (Å²) in [5.74, 6) is -2.28. The molecule has 0 saturated carbocycles. The molecule has 0 aromatic rings. The number of nitrogens with two attached hydrogens (primary N) is 1. The Kier molecular flexibility index (Phi) is 30.1. The molecule has 0 aromatic heterocycles. The Bertz CT molecular complexity index is 1450. The van der Waals surface area contributed by atoms with E-state index >= 15 is 0 Å². The van der Waals surface area contributed by atoms with Crippen LogP contribution in [0.1, 0.15) is 64.2 Å². The first kappa shape index (κ1) is 59.0. The summed E-state index contributed by atoms with van der Waals surface area (Å²) in [7, 11) is 11.8. The van der Waals surface area contributed by atoms with Crippen molar-refractivity contribution in [3.05, 3.63) is 0 Å². The highest BCUT2D eigenvalue weighted by atomic mass is 79.9. The van der Waals surface area contributed by atoms with Gasteiger partial charge in [-0.3, -0.25) is 48.4 Å². The molecule has 7 aliphatic rings. The van der Waals surface area contributed by atoms with Gasteiger partial charge in [0.25, 0.3) is 0 Å². The maximum atomic E-state index is 11.5. The molecule has 23 heteroatoms. The molecule has 21 nitrogen and oxygen atoms in total. The number of alkyl halides is 2. The molecular formula is C41H76Br2N10O11. The highest BCUT2D eigenvalue weighted by molar-refractivity contribution is 9.12. The normalized spacial score (nSPS) is 27.5. The molecule has 0 spiro atoms. The van der Waals surface area contributed by atoms with E-state index in [4.69, 9.17) is 14.9 Å². The molecule has 8 unspecified atom stereocenters. The smallest absolute Gasteiger partial charge is 0.326 e. The zero-order valence-electron chi connectivity index (χ0n) is 38.7. The van der Waals surface area contributed by atoms with E-state index in [-0.39, 0.29) is 52.6 Å². The average Bonchev–Trinajstić information content (AvgIpc) is 4.16. The van der Waals surface area contributed by atoms with Gasteiger partial charge in [-0.05, 0) is 99.2 Å². The number of carbonyl (C=O) groups is 7. The number of hydrogen-bond donors (Lipinski definition) is 8. The van der Waals surface area contributed by atoms with Crippen molar-refractivity contribution in [3.8, 4) is 0 Å². The number of amides is 3. The molecule has 7 aliphatic heterocycles. The third-order valence-corrected chi connectivity index (χ3v) is 13.9. The zero-order chi connectivity index (χ0) is 48.4. The topological polar surface area (TPSA) is 278 Å². The Morgan fingerprint density at radius 3 is 1.64 bits per heavy atom. The van der Waals surface area contributed by atoms with E-state index in [2.05, 4.69) is 83.6 Å². The maximum Gasteiger partial charge on any atom is 0.326 e. The molecule has 0 aromatic carbocycles. The minimum atomic E-state index is -0.944. The fraction of sp³-hybridized carbons (Fsp3) is 0.829. The van der Waals surface area contributed by atoms with Crippen molar-refractivity contribution in [2.75, 3.05) is 107 Å². The van der Waals surface area contributed by atoms with E-state index in [1.54, 1.807) is 7.05 Å². The van der Waals surface area contributed by atoms with Crippen molar-refractivity contribution in [1.82, 2.24) is 46.2 Å². The van der Waals surface area contributed by atoms with Crippen LogP contribution in [0.3, 0.4) is 0 Å². The van der Waals surface area contributed by atoms with Gasteiger partial charge in [0, 0.05) is 76.1 Å². The fourth-order valence-electron chi connectivity index (χ4n) is 8.14. The molecule has 7 saturated heterocycles. The largest absolute Gasteiger partial charge is 0.480 e. The number of ether oxygens (including phenoxy) is 2. The van der Waals surface area contributed by atoms with Crippen molar-refractivity contribution >= 4 is 73.5 Å². The van der Waals surface area contributed by atoms with Crippen LogP contribution in [-0.4, -0.2) is 226 Å². The summed E-state index contributed by atoms with van der Waals surface area (Å²) in [6.45, 7) is 8.03. The van der Waals surface area contributed by atoms with Crippen molar-refractivity contribution < 1.29 is 53.2 Å². The number of piperazine rings is 2. The standard InChI is InChI=1S/C10H18N2O2.C9H16N2O2.C6H10N2O2.C6H14N2.C5H7NO3.C4H6Br2O2.CH5N/c1-11-6-8-4-3-5-12(8)7-9(11)10(13)14-2;1-10-5-7-3-2-4-11(7)6-8(10)9(12)13;1-7-6(10)4-2-3-5(9)8-4;1-7-5-6-3-2-4-8-6;7-4-2-1-3(6-4)5(8)9;1-8-4(7)3(6)2-5;1-2/h8-9H,3-7H2,1-2H3;7-8H,2-6H2,1H3,(H,12,13);4H,2-3H2,1H3,(H,7,10)(H,8,9);6-8H,2-5H2,1H3;3H,1-2H2,(H,6,7)(H,8,9);3H,2H2,1H3;2H2,1H3. The Labute approximate surface area is 395 Å². The number of rotatable bonds is 8. The van der Waals surface area contributed by atoms with Gasteiger partial charge in [-0.1, -0.05) is 31.9 Å². The number of nitrogens with one attached hydrogen (secondary N) is 5. The SMILES string of the molecule is CN.CN1CC2CCCN2CC1C(=O)O.CNC(=O)C1CCC(=O)N1.CNCC1CCCN1.COC(=O)C(Br)CBr.COC(=O)C1CN2CCCC2CN1C.O=C1CCC(C(=O)O)N1. The van der Waals surface area contributed by atoms with E-state index in [9.17, 15) is 33.6 Å². The van der Waals surface area contributed by atoms with Crippen LogP contribution >= 0.6 is 31.9 Å². The molecule has 7 rings (SSSR count).